The third-order valence-electron chi connectivity index (χ3n) is 4.73. The molecule has 0 amide bonds. The number of aryl methyl sites for hydroxylation is 1. The first kappa shape index (κ1) is 15.7. The second-order valence-electron chi connectivity index (χ2n) is 6.11. The molecule has 0 saturated carbocycles. The van der Waals surface area contributed by atoms with E-state index in [0.717, 1.165) is 29.5 Å². The molecule has 0 radical (unpaired) electrons. The number of benzene rings is 2. The lowest BCUT2D eigenvalue weighted by Crippen LogP contribution is -2.23. The van der Waals surface area contributed by atoms with Crippen LogP contribution in [0.4, 0.5) is 4.39 Å². The van der Waals surface area contributed by atoms with Crippen molar-refractivity contribution in [1.82, 2.24) is 0 Å². The maximum Gasteiger partial charge on any atom is 0.205 e. The second-order valence-corrected chi connectivity index (χ2v) is 6.52. The molecule has 3 nitrogen and oxygen atoms in total. The molecule has 2 N–H and O–H groups in total. The molecule has 1 aliphatic heterocycles. The van der Waals surface area contributed by atoms with Crippen molar-refractivity contribution in [2.45, 2.75) is 18.8 Å². The van der Waals surface area contributed by atoms with Crippen LogP contribution in [0.2, 0.25) is 5.02 Å². The van der Waals surface area contributed by atoms with Gasteiger partial charge in [0, 0.05) is 11.5 Å². The summed E-state index contributed by atoms with van der Waals surface area (Å²) >= 11 is 5.96. The van der Waals surface area contributed by atoms with Crippen LogP contribution in [0.1, 0.15) is 29.0 Å². The molecule has 0 fully saturated rings. The van der Waals surface area contributed by atoms with Gasteiger partial charge in [-0.2, -0.15) is 5.26 Å². The number of hydrogen-bond donors (Lipinski definition) is 1. The first-order valence-corrected chi connectivity index (χ1v) is 8.31. The Morgan fingerprint density at radius 2 is 2.00 bits per heavy atom. The van der Waals surface area contributed by atoms with Crippen molar-refractivity contribution < 1.29 is 9.13 Å². The summed E-state index contributed by atoms with van der Waals surface area (Å²) in [6.45, 7) is 0. The van der Waals surface area contributed by atoms with Gasteiger partial charge in [-0.3, -0.25) is 0 Å². The lowest BCUT2D eigenvalue weighted by Gasteiger charge is -2.33. The van der Waals surface area contributed by atoms with E-state index < -0.39 is 5.82 Å². The van der Waals surface area contributed by atoms with Gasteiger partial charge in [-0.25, -0.2) is 4.39 Å². The summed E-state index contributed by atoms with van der Waals surface area (Å²) in [5.41, 5.74) is 10.3. The van der Waals surface area contributed by atoms with E-state index in [0.29, 0.717) is 11.3 Å². The zero-order valence-corrected chi connectivity index (χ0v) is 14.0. The second kappa shape index (κ2) is 5.94. The highest BCUT2D eigenvalue weighted by Crippen LogP contribution is 2.47. The van der Waals surface area contributed by atoms with Crippen LogP contribution in [0, 0.1) is 17.1 Å². The van der Waals surface area contributed by atoms with Crippen molar-refractivity contribution in [2.24, 2.45) is 5.73 Å². The van der Waals surface area contributed by atoms with Crippen LogP contribution < -0.4 is 5.73 Å². The number of nitrogens with zero attached hydrogens (tertiary/aromatic N) is 1. The predicted octanol–water partition coefficient (Wildman–Crippen LogP) is 4.64. The third-order valence-corrected chi connectivity index (χ3v) is 5.02. The molecule has 2 aromatic rings. The summed E-state index contributed by atoms with van der Waals surface area (Å²) in [6, 6.07) is 14.7. The van der Waals surface area contributed by atoms with Crippen LogP contribution in [-0.4, -0.2) is 0 Å². The van der Waals surface area contributed by atoms with Crippen LogP contribution in [0.25, 0.3) is 5.76 Å². The Kier molecular flexibility index (Phi) is 3.74. The quantitative estimate of drug-likeness (QED) is 0.813. The average molecular weight is 353 g/mol. The summed E-state index contributed by atoms with van der Waals surface area (Å²) in [5.74, 6) is -0.0801. The van der Waals surface area contributed by atoms with Gasteiger partial charge in [0.1, 0.15) is 23.2 Å². The van der Waals surface area contributed by atoms with Gasteiger partial charge in [-0.1, -0.05) is 41.9 Å². The van der Waals surface area contributed by atoms with Crippen molar-refractivity contribution >= 4 is 17.4 Å². The Labute approximate surface area is 149 Å². The maximum atomic E-state index is 13.6. The van der Waals surface area contributed by atoms with Gasteiger partial charge in [0.25, 0.3) is 0 Å². The molecule has 0 spiro atoms. The molecule has 124 valence electrons. The third kappa shape index (κ3) is 2.48. The van der Waals surface area contributed by atoms with Crippen molar-refractivity contribution in [3.8, 4) is 6.07 Å². The molecule has 4 rings (SSSR count). The molecule has 1 atom stereocenters. The van der Waals surface area contributed by atoms with E-state index in [2.05, 4.69) is 12.1 Å². The van der Waals surface area contributed by atoms with Gasteiger partial charge in [-0.15, -0.1) is 0 Å². The number of rotatable bonds is 1. The predicted molar refractivity (Wildman–Crippen MR) is 93.7 cm³/mol. The zero-order chi connectivity index (χ0) is 17.6. The number of fused-ring (bicyclic) bond motifs is 2. The molecular formula is C20H14ClFN2O. The first-order chi connectivity index (χ1) is 12.1. The lowest BCUT2D eigenvalue weighted by atomic mass is 9.76. The molecule has 0 aromatic heterocycles. The van der Waals surface area contributed by atoms with Crippen LogP contribution in [-0.2, 0) is 11.2 Å². The topological polar surface area (TPSA) is 59.0 Å². The summed E-state index contributed by atoms with van der Waals surface area (Å²) in [6.07, 6.45) is 1.59. The van der Waals surface area contributed by atoms with Gasteiger partial charge in [0.15, 0.2) is 0 Å². The van der Waals surface area contributed by atoms with Crippen molar-refractivity contribution in [2.75, 3.05) is 0 Å². The fraction of sp³-hybridized carbons (Fsp3) is 0.150. The average Bonchev–Trinajstić information content (AvgIpc) is 2.63. The summed E-state index contributed by atoms with van der Waals surface area (Å²) < 4.78 is 19.4. The van der Waals surface area contributed by atoms with E-state index in [1.165, 1.54) is 11.6 Å². The molecule has 25 heavy (non-hydrogen) atoms. The van der Waals surface area contributed by atoms with Gasteiger partial charge >= 0.3 is 0 Å². The summed E-state index contributed by atoms with van der Waals surface area (Å²) in [7, 11) is 0. The van der Waals surface area contributed by atoms with Crippen LogP contribution in [0.15, 0.2) is 59.5 Å². The van der Waals surface area contributed by atoms with Crippen molar-refractivity contribution in [3.05, 3.63) is 87.0 Å². The van der Waals surface area contributed by atoms with E-state index in [-0.39, 0.29) is 16.8 Å². The van der Waals surface area contributed by atoms with Gasteiger partial charge in [0.05, 0.1) is 5.02 Å². The molecule has 5 heteroatoms. The van der Waals surface area contributed by atoms with Crippen LogP contribution in [0.3, 0.4) is 0 Å². The monoisotopic (exact) mass is 352 g/mol. The Balaban J connectivity index is 1.93. The Bertz CT molecular complexity index is 987. The number of halogens is 2. The van der Waals surface area contributed by atoms with E-state index in [4.69, 9.17) is 22.1 Å². The van der Waals surface area contributed by atoms with Crippen molar-refractivity contribution in [3.63, 3.8) is 0 Å². The Morgan fingerprint density at radius 3 is 2.76 bits per heavy atom. The van der Waals surface area contributed by atoms with Crippen molar-refractivity contribution in [1.29, 1.82) is 5.26 Å². The molecule has 0 saturated heterocycles. The number of allylic oxidation sites excluding steroid dienone is 2. The minimum absolute atomic E-state index is 0.0261. The number of nitrogens with two attached hydrogens (primary N) is 1. The fourth-order valence-electron chi connectivity index (χ4n) is 3.57. The van der Waals surface area contributed by atoms with Gasteiger partial charge in [0.2, 0.25) is 5.88 Å². The van der Waals surface area contributed by atoms with Crippen LogP contribution >= 0.6 is 11.6 Å². The molecule has 0 bridgehead atoms. The Hall–Kier alpha value is -2.77. The van der Waals surface area contributed by atoms with E-state index >= 15 is 0 Å². The van der Waals surface area contributed by atoms with Gasteiger partial charge < -0.3 is 10.5 Å². The highest BCUT2D eigenvalue weighted by Gasteiger charge is 2.35. The number of ether oxygens (including phenoxy) is 1. The molecule has 1 heterocycles. The molecule has 2 aliphatic rings. The molecule has 1 aliphatic carbocycles. The lowest BCUT2D eigenvalue weighted by molar-refractivity contribution is 0.349. The molecule has 2 aromatic carbocycles. The standard InChI is InChI=1S/C20H14ClFN2O/c21-16-9-12(6-8-17(16)22)18-14-7-5-11-3-1-2-4-13(11)19(14)25-20(24)15(18)10-23/h1-4,6,8-9,18H,5,7,24H2. The minimum atomic E-state index is -0.490. The number of nitriles is 1. The zero-order valence-electron chi connectivity index (χ0n) is 13.2. The summed E-state index contributed by atoms with van der Waals surface area (Å²) in [4.78, 5) is 0. The van der Waals surface area contributed by atoms with Gasteiger partial charge in [-0.05, 0) is 41.7 Å². The highest BCUT2D eigenvalue weighted by molar-refractivity contribution is 6.30. The number of hydrogen-bond acceptors (Lipinski definition) is 3. The maximum absolute atomic E-state index is 13.6. The minimum Gasteiger partial charge on any atom is -0.440 e. The van der Waals surface area contributed by atoms with E-state index in [1.54, 1.807) is 12.1 Å². The summed E-state index contributed by atoms with van der Waals surface area (Å²) in [5, 5.41) is 9.63. The first-order valence-electron chi connectivity index (χ1n) is 7.94. The molecule has 1 unspecified atom stereocenters. The largest absolute Gasteiger partial charge is 0.440 e. The smallest absolute Gasteiger partial charge is 0.205 e. The molecular weight excluding hydrogens is 339 g/mol. The van der Waals surface area contributed by atoms with E-state index in [1.807, 2.05) is 18.2 Å². The Morgan fingerprint density at radius 1 is 1.20 bits per heavy atom. The normalized spacial score (nSPS) is 19.0. The van der Waals surface area contributed by atoms with Crippen LogP contribution in [0.5, 0.6) is 0 Å². The fourth-order valence-corrected chi connectivity index (χ4v) is 3.76. The SMILES string of the molecule is N#CC1=C(N)OC2=C(CCc3ccccc32)C1c1ccc(F)c(Cl)c1. The highest BCUT2D eigenvalue weighted by atomic mass is 35.5. The van der Waals surface area contributed by atoms with E-state index in [9.17, 15) is 9.65 Å².